The second-order valence-electron chi connectivity index (χ2n) is 10.4. The second-order valence-corrected chi connectivity index (χ2v) is 10.4. The summed E-state index contributed by atoms with van der Waals surface area (Å²) < 4.78 is 0. The van der Waals surface area contributed by atoms with Crippen molar-refractivity contribution in [3.05, 3.63) is 41.6 Å². The molecule has 0 unspecified atom stereocenters. The van der Waals surface area contributed by atoms with Crippen molar-refractivity contribution in [2.75, 3.05) is 23.8 Å². The van der Waals surface area contributed by atoms with Crippen molar-refractivity contribution in [1.29, 1.82) is 5.26 Å². The van der Waals surface area contributed by atoms with Crippen molar-refractivity contribution in [3.63, 3.8) is 0 Å². The summed E-state index contributed by atoms with van der Waals surface area (Å²) in [5.74, 6) is -0.0207. The van der Waals surface area contributed by atoms with Crippen molar-refractivity contribution < 1.29 is 14.7 Å². The minimum absolute atomic E-state index is 0.0207. The van der Waals surface area contributed by atoms with Crippen LogP contribution in [0.3, 0.4) is 0 Å². The lowest BCUT2D eigenvalue weighted by molar-refractivity contribution is -0.120. The van der Waals surface area contributed by atoms with E-state index in [9.17, 15) is 14.7 Å². The number of amides is 3. The fourth-order valence-electron chi connectivity index (χ4n) is 3.22. The van der Waals surface area contributed by atoms with E-state index in [1.807, 2.05) is 26.8 Å². The first-order chi connectivity index (χ1) is 16.3. The number of carbonyl (C=O) groups excluding carboxylic acids is 2. The van der Waals surface area contributed by atoms with Gasteiger partial charge in [-0.15, -0.1) is 0 Å². The van der Waals surface area contributed by atoms with E-state index in [-0.39, 0.29) is 17.9 Å². The van der Waals surface area contributed by atoms with Crippen LogP contribution in [0.5, 0.6) is 0 Å². The van der Waals surface area contributed by atoms with Gasteiger partial charge in [-0.25, -0.2) is 9.79 Å². The lowest BCUT2D eigenvalue weighted by atomic mass is 9.91. The molecule has 9 heteroatoms. The van der Waals surface area contributed by atoms with Crippen molar-refractivity contribution in [3.8, 4) is 6.07 Å². The van der Waals surface area contributed by atoms with Gasteiger partial charge in [0, 0.05) is 37.0 Å². The fraction of sp³-hybridized carbons (Fsp3) is 0.462. The molecule has 2 rings (SSSR count). The molecule has 3 amide bonds. The predicted octanol–water partition coefficient (Wildman–Crippen LogP) is 4.36. The van der Waals surface area contributed by atoms with Crippen LogP contribution in [0.1, 0.15) is 53.9 Å². The van der Waals surface area contributed by atoms with E-state index in [1.165, 1.54) is 6.34 Å². The molecular formula is C26H36N6O3. The molecule has 1 aliphatic carbocycles. The molecule has 0 aliphatic heterocycles. The van der Waals surface area contributed by atoms with Gasteiger partial charge in [0.25, 0.3) is 0 Å². The number of aliphatic imine (C=N–C) groups is 1. The minimum Gasteiger partial charge on any atom is -0.389 e. The van der Waals surface area contributed by atoms with Crippen LogP contribution in [-0.4, -0.2) is 42.6 Å². The van der Waals surface area contributed by atoms with E-state index in [1.54, 1.807) is 50.1 Å². The molecule has 1 aliphatic rings. The number of allylic oxidation sites excluding steroid dienone is 3. The zero-order valence-electron chi connectivity index (χ0n) is 21.4. The van der Waals surface area contributed by atoms with Crippen LogP contribution in [-0.2, 0) is 4.79 Å². The predicted molar refractivity (Wildman–Crippen MR) is 140 cm³/mol. The standard InChI is InChI=1S/C26H36N6O3/c1-25(2,3)14-23(33)32(6)20-10-11-21(28-16-26(4,5)35)22(13-20)29-17-30-24(34)31-19-9-7-8-18(12-19)15-27/h9-13,17,28,35H,7-8,14,16H2,1-6H3,(H2,29,30,31,34). The largest absolute Gasteiger partial charge is 0.389 e. The van der Waals surface area contributed by atoms with Crippen molar-refractivity contribution in [1.82, 2.24) is 10.6 Å². The Bertz CT molecular complexity index is 1070. The topological polar surface area (TPSA) is 130 Å². The molecule has 0 fully saturated rings. The van der Waals surface area contributed by atoms with E-state index < -0.39 is 11.6 Å². The number of anilines is 2. The first-order valence-electron chi connectivity index (χ1n) is 11.6. The monoisotopic (exact) mass is 480 g/mol. The number of nitriles is 1. The van der Waals surface area contributed by atoms with Crippen molar-refractivity contribution >= 4 is 35.3 Å². The van der Waals surface area contributed by atoms with Crippen LogP contribution in [0.2, 0.25) is 0 Å². The van der Waals surface area contributed by atoms with Gasteiger partial charge in [-0.2, -0.15) is 5.26 Å². The molecule has 35 heavy (non-hydrogen) atoms. The Morgan fingerprint density at radius 1 is 1.26 bits per heavy atom. The Hall–Kier alpha value is -3.64. The van der Waals surface area contributed by atoms with Gasteiger partial charge in [-0.1, -0.05) is 26.8 Å². The minimum atomic E-state index is -0.944. The average Bonchev–Trinajstić information content (AvgIpc) is 2.76. The van der Waals surface area contributed by atoms with Crippen LogP contribution in [0.15, 0.2) is 46.6 Å². The van der Waals surface area contributed by atoms with Crippen LogP contribution in [0.4, 0.5) is 21.9 Å². The molecule has 1 aromatic carbocycles. The molecule has 4 N–H and O–H groups in total. The summed E-state index contributed by atoms with van der Waals surface area (Å²) in [6.45, 7) is 9.69. The molecule has 0 saturated heterocycles. The van der Waals surface area contributed by atoms with Gasteiger partial charge in [0.05, 0.1) is 29.4 Å². The fourth-order valence-corrected chi connectivity index (χ4v) is 3.22. The van der Waals surface area contributed by atoms with Crippen LogP contribution >= 0.6 is 0 Å². The summed E-state index contributed by atoms with van der Waals surface area (Å²) in [7, 11) is 1.72. The third kappa shape index (κ3) is 9.63. The van der Waals surface area contributed by atoms with E-state index >= 15 is 0 Å². The zero-order chi connectivity index (χ0) is 26.2. The highest BCUT2D eigenvalue weighted by Gasteiger charge is 2.21. The van der Waals surface area contributed by atoms with Gasteiger partial charge in [0.15, 0.2) is 0 Å². The van der Waals surface area contributed by atoms with Gasteiger partial charge in [-0.3, -0.25) is 10.1 Å². The third-order valence-corrected chi connectivity index (χ3v) is 5.04. The number of urea groups is 1. The summed E-state index contributed by atoms with van der Waals surface area (Å²) >= 11 is 0. The highest BCUT2D eigenvalue weighted by molar-refractivity contribution is 5.95. The lowest BCUT2D eigenvalue weighted by Crippen LogP contribution is -2.34. The highest BCUT2D eigenvalue weighted by atomic mass is 16.3. The summed E-state index contributed by atoms with van der Waals surface area (Å²) in [4.78, 5) is 30.9. The maximum absolute atomic E-state index is 12.7. The van der Waals surface area contributed by atoms with Crippen molar-refractivity contribution in [2.24, 2.45) is 10.4 Å². The molecule has 0 heterocycles. The number of hydrogen-bond donors (Lipinski definition) is 4. The number of rotatable bonds is 8. The van der Waals surface area contributed by atoms with Crippen LogP contribution in [0, 0.1) is 16.7 Å². The number of aliphatic hydroxyl groups is 1. The lowest BCUT2D eigenvalue weighted by Gasteiger charge is -2.24. The summed E-state index contributed by atoms with van der Waals surface area (Å²) in [6, 6.07) is 6.95. The molecule has 0 bridgehead atoms. The van der Waals surface area contributed by atoms with Gasteiger partial charge in [0.2, 0.25) is 5.91 Å². The highest BCUT2D eigenvalue weighted by Crippen LogP contribution is 2.31. The first-order valence-corrected chi connectivity index (χ1v) is 11.6. The molecule has 0 spiro atoms. The van der Waals surface area contributed by atoms with Gasteiger partial charge < -0.3 is 20.6 Å². The van der Waals surface area contributed by atoms with E-state index in [4.69, 9.17) is 5.26 Å². The number of carbonyl (C=O) groups is 2. The Kier molecular flexibility index (Phi) is 9.20. The number of nitrogens with zero attached hydrogens (tertiary/aromatic N) is 3. The third-order valence-electron chi connectivity index (χ3n) is 5.04. The van der Waals surface area contributed by atoms with E-state index in [0.717, 1.165) is 0 Å². The van der Waals surface area contributed by atoms with Crippen molar-refractivity contribution in [2.45, 2.75) is 59.5 Å². The molecule has 0 aromatic heterocycles. The maximum atomic E-state index is 12.7. The van der Waals surface area contributed by atoms with Gasteiger partial charge >= 0.3 is 6.03 Å². The molecule has 9 nitrogen and oxygen atoms in total. The normalized spacial score (nSPS) is 14.0. The van der Waals surface area contributed by atoms with E-state index in [2.05, 4.69) is 27.0 Å². The van der Waals surface area contributed by atoms with Crippen LogP contribution < -0.4 is 20.9 Å². The molecule has 0 atom stereocenters. The Balaban J connectivity index is 2.18. The van der Waals surface area contributed by atoms with Gasteiger partial charge in [0.1, 0.15) is 0 Å². The number of hydrogen-bond acceptors (Lipinski definition) is 6. The van der Waals surface area contributed by atoms with Crippen LogP contribution in [0.25, 0.3) is 0 Å². The molecule has 188 valence electrons. The summed E-state index contributed by atoms with van der Waals surface area (Å²) in [5.41, 5.74) is 1.88. The summed E-state index contributed by atoms with van der Waals surface area (Å²) in [5, 5.41) is 27.5. The average molecular weight is 481 g/mol. The zero-order valence-corrected chi connectivity index (χ0v) is 21.4. The first kappa shape index (κ1) is 27.6. The Morgan fingerprint density at radius 3 is 2.60 bits per heavy atom. The summed E-state index contributed by atoms with van der Waals surface area (Å²) in [6.07, 6.45) is 6.50. The Labute approximate surface area is 207 Å². The molecule has 1 aromatic rings. The SMILES string of the molecule is CN(C(=O)CC(C)(C)C)c1ccc(NCC(C)(C)O)c(N=CNC(=O)NC2=CCCC(C#N)=C2)c1. The van der Waals surface area contributed by atoms with Gasteiger partial charge in [-0.05, 0) is 56.4 Å². The molecule has 0 radical (unpaired) electrons. The maximum Gasteiger partial charge on any atom is 0.324 e. The Morgan fingerprint density at radius 2 is 1.97 bits per heavy atom. The smallest absolute Gasteiger partial charge is 0.324 e. The number of nitrogens with one attached hydrogen (secondary N) is 3. The second kappa shape index (κ2) is 11.7. The molecular weight excluding hydrogens is 444 g/mol. The molecule has 0 saturated carbocycles. The van der Waals surface area contributed by atoms with E-state index in [0.29, 0.717) is 47.6 Å². The quantitative estimate of drug-likeness (QED) is 0.325. The number of benzene rings is 1.